The van der Waals surface area contributed by atoms with Crippen molar-refractivity contribution in [2.45, 2.75) is 25.6 Å². The van der Waals surface area contributed by atoms with Crippen molar-refractivity contribution in [1.82, 2.24) is 19.8 Å². The number of hydrogen-bond donors (Lipinski definition) is 0. The highest BCUT2D eigenvalue weighted by atomic mass is 19.1. The summed E-state index contributed by atoms with van der Waals surface area (Å²) < 4.78 is 19.7. The molecule has 0 spiro atoms. The van der Waals surface area contributed by atoms with Gasteiger partial charge in [-0.1, -0.05) is 43.0 Å². The summed E-state index contributed by atoms with van der Waals surface area (Å²) in [6.45, 7) is 10.1. The highest BCUT2D eigenvalue weighted by molar-refractivity contribution is 5.94. The Kier molecular flexibility index (Phi) is 7.32. The van der Waals surface area contributed by atoms with Gasteiger partial charge in [-0.15, -0.1) is 0 Å². The molecule has 204 valence electrons. The van der Waals surface area contributed by atoms with Crippen LogP contribution in [0.1, 0.15) is 17.7 Å². The van der Waals surface area contributed by atoms with Gasteiger partial charge < -0.3 is 19.4 Å². The molecule has 0 N–H and O–H groups in total. The zero-order chi connectivity index (χ0) is 26.8. The maximum Gasteiger partial charge on any atom is 0.318 e. The van der Waals surface area contributed by atoms with Crippen molar-refractivity contribution in [2.24, 2.45) is 0 Å². The standard InChI is InChI=1S/C30H35FN6O2/c1-2-28(38)35-14-16-36(17-15-35)29-25-11-13-37(27-9-5-7-22-6-3-4-8-24(22)27)21-26(25)32-30(33-29)39-19-18-34-12-10-23(31)20-34/h2-9,23H,1,10-21H2. The van der Waals surface area contributed by atoms with Gasteiger partial charge in [0, 0.05) is 69.0 Å². The van der Waals surface area contributed by atoms with Crippen LogP contribution >= 0.6 is 0 Å². The Morgan fingerprint density at radius 3 is 2.64 bits per heavy atom. The average Bonchev–Trinajstić information content (AvgIpc) is 3.40. The third-order valence-corrected chi connectivity index (χ3v) is 8.05. The van der Waals surface area contributed by atoms with Crippen LogP contribution in [0, 0.1) is 0 Å². The number of fused-ring (bicyclic) bond motifs is 2. The van der Waals surface area contributed by atoms with Gasteiger partial charge in [0.1, 0.15) is 18.6 Å². The van der Waals surface area contributed by atoms with Crippen molar-refractivity contribution in [1.29, 1.82) is 0 Å². The van der Waals surface area contributed by atoms with Gasteiger partial charge in [-0.05, 0) is 30.4 Å². The van der Waals surface area contributed by atoms with Crippen molar-refractivity contribution in [2.75, 3.05) is 68.8 Å². The van der Waals surface area contributed by atoms with Crippen LogP contribution in [-0.4, -0.2) is 90.8 Å². The van der Waals surface area contributed by atoms with Crippen molar-refractivity contribution in [3.63, 3.8) is 0 Å². The number of piperazine rings is 1. The molecule has 3 aliphatic rings. The smallest absolute Gasteiger partial charge is 0.318 e. The zero-order valence-electron chi connectivity index (χ0n) is 22.3. The Hall–Kier alpha value is -3.72. The largest absolute Gasteiger partial charge is 0.462 e. The zero-order valence-corrected chi connectivity index (χ0v) is 22.3. The minimum atomic E-state index is -0.747. The van der Waals surface area contributed by atoms with E-state index in [0.717, 1.165) is 36.6 Å². The van der Waals surface area contributed by atoms with Crippen molar-refractivity contribution >= 4 is 28.2 Å². The first-order valence-corrected chi connectivity index (χ1v) is 13.9. The number of aromatic nitrogens is 2. The molecule has 39 heavy (non-hydrogen) atoms. The average molecular weight is 531 g/mol. The van der Waals surface area contributed by atoms with Gasteiger partial charge in [0.2, 0.25) is 5.91 Å². The number of amides is 1. The second-order valence-corrected chi connectivity index (χ2v) is 10.5. The third-order valence-electron chi connectivity index (χ3n) is 8.05. The Morgan fingerprint density at radius 2 is 1.85 bits per heavy atom. The second-order valence-electron chi connectivity index (χ2n) is 10.5. The van der Waals surface area contributed by atoms with Crippen LogP contribution in [0.2, 0.25) is 0 Å². The SMILES string of the molecule is C=CC(=O)N1CCN(c2nc(OCCN3CCC(F)C3)nc3c2CCN(c2cccc4ccccc24)C3)CC1. The molecule has 3 aromatic rings. The Bertz CT molecular complexity index is 1350. The molecular formula is C30H35FN6O2. The van der Waals surface area contributed by atoms with E-state index in [0.29, 0.717) is 64.9 Å². The lowest BCUT2D eigenvalue weighted by atomic mass is 10.0. The van der Waals surface area contributed by atoms with Gasteiger partial charge in [-0.2, -0.15) is 9.97 Å². The first kappa shape index (κ1) is 25.6. The minimum Gasteiger partial charge on any atom is -0.462 e. The number of carbonyl (C=O) groups excluding carboxylic acids is 1. The fourth-order valence-corrected chi connectivity index (χ4v) is 5.93. The van der Waals surface area contributed by atoms with E-state index >= 15 is 0 Å². The molecule has 1 aromatic heterocycles. The minimum absolute atomic E-state index is 0.0356. The predicted octanol–water partition coefficient (Wildman–Crippen LogP) is 3.45. The summed E-state index contributed by atoms with van der Waals surface area (Å²) >= 11 is 0. The number of ether oxygens (including phenoxy) is 1. The van der Waals surface area contributed by atoms with Crippen LogP contribution in [-0.2, 0) is 17.8 Å². The monoisotopic (exact) mass is 530 g/mol. The lowest BCUT2D eigenvalue weighted by Gasteiger charge is -2.38. The summed E-state index contributed by atoms with van der Waals surface area (Å²) in [5.41, 5.74) is 3.33. The fraction of sp³-hybridized carbons (Fsp3) is 0.433. The van der Waals surface area contributed by atoms with Gasteiger partial charge in [0.15, 0.2) is 0 Å². The van der Waals surface area contributed by atoms with Crippen molar-refractivity contribution in [3.05, 3.63) is 66.4 Å². The number of hydrogen-bond acceptors (Lipinski definition) is 7. The van der Waals surface area contributed by atoms with E-state index in [1.54, 1.807) is 0 Å². The number of nitrogens with zero attached hydrogens (tertiary/aromatic N) is 6. The normalized spacial score (nSPS) is 19.8. The van der Waals surface area contributed by atoms with Gasteiger partial charge in [0.05, 0.1) is 12.2 Å². The summed E-state index contributed by atoms with van der Waals surface area (Å²) in [7, 11) is 0. The molecule has 1 unspecified atom stereocenters. The lowest BCUT2D eigenvalue weighted by molar-refractivity contribution is -0.126. The maximum absolute atomic E-state index is 13.6. The van der Waals surface area contributed by atoms with E-state index in [1.165, 1.54) is 22.5 Å². The Balaban J connectivity index is 1.26. The van der Waals surface area contributed by atoms with Gasteiger partial charge in [-0.3, -0.25) is 9.69 Å². The first-order valence-electron chi connectivity index (χ1n) is 13.9. The number of carbonyl (C=O) groups is 1. The molecule has 4 heterocycles. The van der Waals surface area contributed by atoms with Crippen LogP contribution < -0.4 is 14.5 Å². The van der Waals surface area contributed by atoms with Crippen LogP contribution in [0.3, 0.4) is 0 Å². The number of benzene rings is 2. The molecule has 3 aliphatic heterocycles. The molecule has 0 aliphatic carbocycles. The van der Waals surface area contributed by atoms with E-state index in [-0.39, 0.29) is 5.91 Å². The van der Waals surface area contributed by atoms with Gasteiger partial charge >= 0.3 is 6.01 Å². The Morgan fingerprint density at radius 1 is 1.03 bits per heavy atom. The Labute approximate surface area is 228 Å². The maximum atomic E-state index is 13.6. The molecule has 0 saturated carbocycles. The molecule has 6 rings (SSSR count). The van der Waals surface area contributed by atoms with E-state index in [4.69, 9.17) is 14.7 Å². The summed E-state index contributed by atoms with van der Waals surface area (Å²) in [4.78, 5) is 30.4. The molecule has 0 bridgehead atoms. The highest BCUT2D eigenvalue weighted by Gasteiger charge is 2.29. The third kappa shape index (κ3) is 5.41. The molecule has 1 amide bonds. The summed E-state index contributed by atoms with van der Waals surface area (Å²) in [5.74, 6) is 0.870. The number of anilines is 2. The molecule has 9 heteroatoms. The van der Waals surface area contributed by atoms with E-state index in [2.05, 4.69) is 63.7 Å². The van der Waals surface area contributed by atoms with Gasteiger partial charge in [0.25, 0.3) is 0 Å². The summed E-state index contributed by atoms with van der Waals surface area (Å²) in [5, 5.41) is 2.45. The number of likely N-dealkylation sites (tertiary alicyclic amines) is 1. The molecule has 2 saturated heterocycles. The van der Waals surface area contributed by atoms with E-state index < -0.39 is 6.17 Å². The number of halogens is 1. The van der Waals surface area contributed by atoms with E-state index in [1.807, 2.05) is 4.90 Å². The topological polar surface area (TPSA) is 65.0 Å². The predicted molar refractivity (Wildman–Crippen MR) is 151 cm³/mol. The molecular weight excluding hydrogens is 495 g/mol. The molecule has 1 atom stereocenters. The van der Waals surface area contributed by atoms with Crippen molar-refractivity contribution < 1.29 is 13.9 Å². The first-order chi connectivity index (χ1) is 19.1. The van der Waals surface area contributed by atoms with Crippen LogP contribution in [0.5, 0.6) is 6.01 Å². The molecule has 2 aromatic carbocycles. The second kappa shape index (κ2) is 11.2. The molecule has 8 nitrogen and oxygen atoms in total. The summed E-state index contributed by atoms with van der Waals surface area (Å²) in [6, 6.07) is 15.3. The highest BCUT2D eigenvalue weighted by Crippen LogP contribution is 2.34. The fourth-order valence-electron chi connectivity index (χ4n) is 5.93. The lowest BCUT2D eigenvalue weighted by Crippen LogP contribution is -2.49. The number of alkyl halides is 1. The van der Waals surface area contributed by atoms with Crippen LogP contribution in [0.15, 0.2) is 55.1 Å². The number of rotatable bonds is 7. The van der Waals surface area contributed by atoms with Crippen molar-refractivity contribution in [3.8, 4) is 6.01 Å². The van der Waals surface area contributed by atoms with Gasteiger partial charge in [-0.25, -0.2) is 4.39 Å². The molecule has 0 radical (unpaired) electrons. The van der Waals surface area contributed by atoms with Crippen LogP contribution in [0.4, 0.5) is 15.9 Å². The van der Waals surface area contributed by atoms with Crippen LogP contribution in [0.25, 0.3) is 10.8 Å². The quantitative estimate of drug-likeness (QED) is 0.434. The van der Waals surface area contributed by atoms with E-state index in [9.17, 15) is 9.18 Å². The summed E-state index contributed by atoms with van der Waals surface area (Å²) in [6.07, 6.45) is 2.04. The molecule has 2 fully saturated rings.